The van der Waals surface area contributed by atoms with E-state index in [9.17, 15) is 4.79 Å². The molecule has 0 amide bonds. The largest absolute Gasteiger partial charge is 0.461 e. The first-order valence-electron chi connectivity index (χ1n) is 10.6. The first kappa shape index (κ1) is 23.1. The summed E-state index contributed by atoms with van der Waals surface area (Å²) in [5.74, 6) is 0.486. The molecular formula is C24H30ClN3O3. The Morgan fingerprint density at radius 3 is 2.58 bits per heavy atom. The van der Waals surface area contributed by atoms with Crippen LogP contribution in [0.15, 0.2) is 47.1 Å². The van der Waals surface area contributed by atoms with Gasteiger partial charge in [-0.1, -0.05) is 18.2 Å². The van der Waals surface area contributed by atoms with Crippen LogP contribution in [-0.2, 0) is 11.3 Å². The van der Waals surface area contributed by atoms with Crippen molar-refractivity contribution in [3.8, 4) is 5.69 Å². The van der Waals surface area contributed by atoms with Crippen molar-refractivity contribution in [1.29, 1.82) is 0 Å². The number of rotatable bonds is 6. The van der Waals surface area contributed by atoms with Gasteiger partial charge in [0.15, 0.2) is 11.6 Å². The number of piperidine rings is 1. The predicted octanol–water partition coefficient (Wildman–Crippen LogP) is 5.06. The molecule has 3 aromatic rings. The lowest BCUT2D eigenvalue weighted by atomic mass is 9.96. The number of carbonyl (C=O) groups excluding carboxylic acids is 1. The summed E-state index contributed by atoms with van der Waals surface area (Å²) in [5.41, 5.74) is 5.40. The lowest BCUT2D eigenvalue weighted by Gasteiger charge is -2.30. The van der Waals surface area contributed by atoms with Gasteiger partial charge in [0.05, 0.1) is 6.61 Å². The van der Waals surface area contributed by atoms with Gasteiger partial charge >= 0.3 is 5.97 Å². The van der Waals surface area contributed by atoms with Gasteiger partial charge in [0.1, 0.15) is 6.26 Å². The number of carbonyl (C=O) groups is 1. The van der Waals surface area contributed by atoms with Crippen molar-refractivity contribution >= 4 is 18.4 Å². The molecule has 7 heteroatoms. The van der Waals surface area contributed by atoms with Crippen molar-refractivity contribution < 1.29 is 13.9 Å². The van der Waals surface area contributed by atoms with Gasteiger partial charge in [0.2, 0.25) is 0 Å². The third-order valence-electron chi connectivity index (χ3n) is 5.89. The summed E-state index contributed by atoms with van der Waals surface area (Å²) >= 11 is 0. The number of halogens is 1. The van der Waals surface area contributed by atoms with Crippen LogP contribution in [0.1, 0.15) is 59.0 Å². The monoisotopic (exact) mass is 443 g/mol. The number of hydrogen-bond acceptors (Lipinski definition) is 5. The maximum atomic E-state index is 11.8. The van der Waals surface area contributed by atoms with Gasteiger partial charge in [0, 0.05) is 29.5 Å². The Balaban J connectivity index is 0.00000272. The summed E-state index contributed by atoms with van der Waals surface area (Å²) in [6.07, 6.45) is 3.36. The summed E-state index contributed by atoms with van der Waals surface area (Å²) in [7, 11) is 0. The van der Waals surface area contributed by atoms with Crippen molar-refractivity contribution in [2.24, 2.45) is 0 Å². The number of aromatic nitrogens is 2. The molecule has 6 nitrogen and oxygen atoms in total. The number of ether oxygens (including phenoxy) is 1. The summed E-state index contributed by atoms with van der Waals surface area (Å²) in [5, 5.41) is 0. The fraction of sp³-hybridized carbons (Fsp3) is 0.417. The zero-order valence-corrected chi connectivity index (χ0v) is 19.2. The SMILES string of the molecule is CCOC(=O)c1coc(C2CCN(Cc3cc(C)n(-c4ccccc4)c3C)CC2)n1.Cl. The molecular weight excluding hydrogens is 414 g/mol. The van der Waals surface area contributed by atoms with Crippen LogP contribution >= 0.6 is 12.4 Å². The zero-order chi connectivity index (χ0) is 21.1. The second-order valence-corrected chi connectivity index (χ2v) is 7.91. The average Bonchev–Trinajstić information content (AvgIpc) is 3.35. The third-order valence-corrected chi connectivity index (χ3v) is 5.89. The number of hydrogen-bond donors (Lipinski definition) is 0. The van der Waals surface area contributed by atoms with E-state index in [1.54, 1.807) is 6.92 Å². The molecule has 3 heterocycles. The number of esters is 1. The number of aryl methyl sites for hydroxylation is 1. The zero-order valence-electron chi connectivity index (χ0n) is 18.3. The summed E-state index contributed by atoms with van der Waals surface area (Å²) in [6.45, 7) is 9.40. The fourth-order valence-corrected chi connectivity index (χ4v) is 4.32. The average molecular weight is 444 g/mol. The molecule has 1 fully saturated rings. The highest BCUT2D eigenvalue weighted by atomic mass is 35.5. The van der Waals surface area contributed by atoms with E-state index in [1.165, 1.54) is 28.9 Å². The van der Waals surface area contributed by atoms with E-state index >= 15 is 0 Å². The van der Waals surface area contributed by atoms with Crippen LogP contribution in [0.25, 0.3) is 5.69 Å². The van der Waals surface area contributed by atoms with Crippen LogP contribution in [0, 0.1) is 13.8 Å². The van der Waals surface area contributed by atoms with Gasteiger partial charge in [-0.25, -0.2) is 9.78 Å². The number of likely N-dealkylation sites (tertiary alicyclic amines) is 1. The quantitative estimate of drug-likeness (QED) is 0.498. The molecule has 0 aliphatic carbocycles. The molecule has 4 rings (SSSR count). The highest BCUT2D eigenvalue weighted by Gasteiger charge is 2.26. The van der Waals surface area contributed by atoms with Crippen LogP contribution < -0.4 is 0 Å². The smallest absolute Gasteiger partial charge is 0.360 e. The number of benzene rings is 1. The van der Waals surface area contributed by atoms with Gasteiger partial charge in [-0.15, -0.1) is 12.4 Å². The molecule has 166 valence electrons. The van der Waals surface area contributed by atoms with Gasteiger partial charge in [-0.3, -0.25) is 4.90 Å². The second-order valence-electron chi connectivity index (χ2n) is 7.91. The molecule has 0 unspecified atom stereocenters. The Bertz CT molecular complexity index is 1000. The lowest BCUT2D eigenvalue weighted by molar-refractivity contribution is 0.0519. The molecule has 0 saturated carbocycles. The Labute approximate surface area is 189 Å². The summed E-state index contributed by atoms with van der Waals surface area (Å²) < 4.78 is 12.9. The molecule has 1 aliphatic rings. The van der Waals surface area contributed by atoms with Crippen molar-refractivity contribution in [3.05, 3.63) is 71.2 Å². The van der Waals surface area contributed by atoms with Gasteiger partial charge in [-0.05, 0) is 70.5 Å². The lowest BCUT2D eigenvalue weighted by Crippen LogP contribution is -2.32. The summed E-state index contributed by atoms with van der Waals surface area (Å²) in [6, 6.07) is 12.8. The Morgan fingerprint density at radius 1 is 1.19 bits per heavy atom. The molecule has 0 spiro atoms. The second kappa shape index (κ2) is 10.2. The standard InChI is InChI=1S/C24H29N3O3.ClH/c1-4-29-24(28)22-16-30-23(25-22)19-10-12-26(13-11-19)15-20-14-17(2)27(18(20)3)21-8-6-5-7-9-21;/h5-9,14,16,19H,4,10-13,15H2,1-3H3;1H. The van der Waals surface area contributed by atoms with Gasteiger partial charge in [-0.2, -0.15) is 0 Å². The molecule has 0 radical (unpaired) electrons. The van der Waals surface area contributed by atoms with Gasteiger partial charge < -0.3 is 13.7 Å². The molecule has 0 bridgehead atoms. The molecule has 1 saturated heterocycles. The maximum Gasteiger partial charge on any atom is 0.360 e. The van der Waals surface area contributed by atoms with Crippen molar-refractivity contribution in [3.63, 3.8) is 0 Å². The van der Waals surface area contributed by atoms with Crippen LogP contribution in [-0.4, -0.2) is 40.1 Å². The topological polar surface area (TPSA) is 60.5 Å². The number of nitrogens with zero attached hydrogens (tertiary/aromatic N) is 3. The highest BCUT2D eigenvalue weighted by Crippen LogP contribution is 2.29. The molecule has 31 heavy (non-hydrogen) atoms. The first-order chi connectivity index (χ1) is 14.6. The first-order valence-corrected chi connectivity index (χ1v) is 10.6. The highest BCUT2D eigenvalue weighted by molar-refractivity contribution is 5.86. The van der Waals surface area contributed by atoms with E-state index in [0.29, 0.717) is 12.5 Å². The Hall–Kier alpha value is -2.57. The number of para-hydroxylation sites is 1. The number of oxazole rings is 1. The molecule has 1 aromatic carbocycles. The molecule has 0 atom stereocenters. The summed E-state index contributed by atoms with van der Waals surface area (Å²) in [4.78, 5) is 18.7. The van der Waals surface area contributed by atoms with E-state index in [-0.39, 0.29) is 24.0 Å². The van der Waals surface area contributed by atoms with Gasteiger partial charge in [0.25, 0.3) is 0 Å². The van der Waals surface area contributed by atoms with Crippen molar-refractivity contribution in [2.45, 2.75) is 46.1 Å². The van der Waals surface area contributed by atoms with E-state index in [2.05, 4.69) is 58.6 Å². The Morgan fingerprint density at radius 2 is 1.90 bits per heavy atom. The maximum absolute atomic E-state index is 11.8. The third kappa shape index (κ3) is 5.02. The molecule has 1 aliphatic heterocycles. The fourth-order valence-electron chi connectivity index (χ4n) is 4.32. The van der Waals surface area contributed by atoms with Crippen molar-refractivity contribution in [2.75, 3.05) is 19.7 Å². The Kier molecular flexibility index (Phi) is 7.57. The van der Waals surface area contributed by atoms with Crippen LogP contribution in [0.3, 0.4) is 0 Å². The molecule has 2 aromatic heterocycles. The minimum Gasteiger partial charge on any atom is -0.461 e. The van der Waals surface area contributed by atoms with E-state index in [1.807, 2.05) is 6.07 Å². The minimum atomic E-state index is -0.418. The van der Waals surface area contributed by atoms with E-state index in [0.717, 1.165) is 32.5 Å². The molecule has 0 N–H and O–H groups in total. The minimum absolute atomic E-state index is 0. The van der Waals surface area contributed by atoms with E-state index in [4.69, 9.17) is 9.15 Å². The normalized spacial score (nSPS) is 14.9. The van der Waals surface area contributed by atoms with Crippen LogP contribution in [0.2, 0.25) is 0 Å². The van der Waals surface area contributed by atoms with Crippen LogP contribution in [0.5, 0.6) is 0 Å². The predicted molar refractivity (Wildman–Crippen MR) is 122 cm³/mol. The van der Waals surface area contributed by atoms with Crippen molar-refractivity contribution in [1.82, 2.24) is 14.5 Å². The van der Waals surface area contributed by atoms with Crippen LogP contribution in [0.4, 0.5) is 0 Å². The van der Waals surface area contributed by atoms with E-state index < -0.39 is 5.97 Å².